The second kappa shape index (κ2) is 6.84. The molecule has 3 N–H and O–H groups in total. The lowest BCUT2D eigenvalue weighted by atomic mass is 10.1. The molecule has 0 bridgehead atoms. The van der Waals surface area contributed by atoms with Gasteiger partial charge in [-0.25, -0.2) is 9.78 Å². The van der Waals surface area contributed by atoms with Crippen LogP contribution in [0.5, 0.6) is 0 Å². The number of aromatic amines is 1. The second-order valence-electron chi connectivity index (χ2n) is 6.51. The molecule has 0 radical (unpaired) electrons. The third-order valence-corrected chi connectivity index (χ3v) is 5.67. The van der Waals surface area contributed by atoms with E-state index in [0.717, 1.165) is 27.6 Å². The van der Waals surface area contributed by atoms with Crippen molar-refractivity contribution in [2.75, 3.05) is 5.32 Å². The molecule has 0 unspecified atom stereocenters. The maximum atomic E-state index is 12.7. The largest absolute Gasteiger partial charge is 0.434 e. The Hall–Kier alpha value is -2.62. The Bertz CT molecular complexity index is 967. The standard InChI is InChI=1S/C17H16F3N5OS/c18-17(19,20)14-8-27-15(24-14)9-4-5-10(6-9)22-16(26)23-12-2-1-3-13-11(12)7-21-25-13/h1-3,7-10H,4-6H2,(H,21,25)(H2,22,23,26)/t9-,10+/m0/s1. The van der Waals surface area contributed by atoms with Crippen molar-refractivity contribution in [1.82, 2.24) is 20.5 Å². The summed E-state index contributed by atoms with van der Waals surface area (Å²) in [7, 11) is 0. The molecule has 2 aromatic heterocycles. The minimum Gasteiger partial charge on any atom is -0.335 e. The first-order valence-electron chi connectivity index (χ1n) is 8.42. The fourth-order valence-corrected chi connectivity index (χ4v) is 4.34. The van der Waals surface area contributed by atoms with Gasteiger partial charge in [0.2, 0.25) is 0 Å². The smallest absolute Gasteiger partial charge is 0.335 e. The van der Waals surface area contributed by atoms with Crippen LogP contribution in [0.1, 0.15) is 35.9 Å². The molecule has 142 valence electrons. The van der Waals surface area contributed by atoms with Gasteiger partial charge in [0.1, 0.15) is 0 Å². The van der Waals surface area contributed by atoms with Crippen molar-refractivity contribution in [3.05, 3.63) is 40.5 Å². The molecule has 1 aromatic carbocycles. The molecule has 2 amide bonds. The van der Waals surface area contributed by atoms with Gasteiger partial charge in [-0.05, 0) is 31.4 Å². The van der Waals surface area contributed by atoms with Crippen LogP contribution in [-0.2, 0) is 6.18 Å². The van der Waals surface area contributed by atoms with Crippen LogP contribution in [0, 0.1) is 0 Å². The summed E-state index contributed by atoms with van der Waals surface area (Å²) in [5.74, 6) is -0.0614. The molecule has 6 nitrogen and oxygen atoms in total. The molecule has 1 fully saturated rings. The number of thiazole rings is 1. The van der Waals surface area contributed by atoms with E-state index in [1.165, 1.54) is 0 Å². The summed E-state index contributed by atoms with van der Waals surface area (Å²) in [6.45, 7) is 0. The van der Waals surface area contributed by atoms with Crippen LogP contribution in [0.2, 0.25) is 0 Å². The van der Waals surface area contributed by atoms with Gasteiger partial charge in [-0.2, -0.15) is 18.3 Å². The Labute approximate surface area is 156 Å². The van der Waals surface area contributed by atoms with Gasteiger partial charge in [0.25, 0.3) is 0 Å². The van der Waals surface area contributed by atoms with Crippen molar-refractivity contribution >= 4 is 34.0 Å². The van der Waals surface area contributed by atoms with E-state index in [0.29, 0.717) is 30.0 Å². The topological polar surface area (TPSA) is 82.7 Å². The number of aromatic nitrogens is 3. The normalized spacial score (nSPS) is 20.1. The summed E-state index contributed by atoms with van der Waals surface area (Å²) < 4.78 is 38.1. The van der Waals surface area contributed by atoms with E-state index >= 15 is 0 Å². The molecule has 0 aliphatic heterocycles. The fourth-order valence-electron chi connectivity index (χ4n) is 3.36. The first-order chi connectivity index (χ1) is 12.9. The highest BCUT2D eigenvalue weighted by Gasteiger charge is 2.36. The number of nitrogens with zero attached hydrogens (tertiary/aromatic N) is 2. The number of fused-ring (bicyclic) bond motifs is 1. The van der Waals surface area contributed by atoms with Crippen LogP contribution in [0.4, 0.5) is 23.7 Å². The van der Waals surface area contributed by atoms with E-state index in [9.17, 15) is 18.0 Å². The lowest BCUT2D eigenvalue weighted by molar-refractivity contribution is -0.140. The number of carbonyl (C=O) groups is 1. The number of hydrogen-bond donors (Lipinski definition) is 3. The molecule has 3 aromatic rings. The van der Waals surface area contributed by atoms with Crippen molar-refractivity contribution in [1.29, 1.82) is 0 Å². The van der Waals surface area contributed by atoms with E-state index < -0.39 is 11.9 Å². The monoisotopic (exact) mass is 395 g/mol. The molecule has 0 saturated heterocycles. The van der Waals surface area contributed by atoms with E-state index in [2.05, 4.69) is 25.8 Å². The Morgan fingerprint density at radius 1 is 1.30 bits per heavy atom. The third-order valence-electron chi connectivity index (χ3n) is 4.66. The molecule has 1 saturated carbocycles. The SMILES string of the molecule is O=C(Nc1cccc2[nH]ncc12)N[C@@H]1CC[C@H](c2nc(C(F)(F)F)cs2)C1. The lowest BCUT2D eigenvalue weighted by Crippen LogP contribution is -2.36. The quantitative estimate of drug-likeness (QED) is 0.611. The molecule has 1 aliphatic rings. The Balaban J connectivity index is 1.36. The number of halogens is 3. The third kappa shape index (κ3) is 3.75. The predicted molar refractivity (Wildman–Crippen MR) is 95.7 cm³/mol. The van der Waals surface area contributed by atoms with E-state index in [4.69, 9.17) is 0 Å². The molecule has 27 heavy (non-hydrogen) atoms. The number of anilines is 1. The zero-order chi connectivity index (χ0) is 19.0. The van der Waals surface area contributed by atoms with Gasteiger partial charge in [0, 0.05) is 22.7 Å². The average Bonchev–Trinajstić information content (AvgIpc) is 3.34. The number of benzene rings is 1. The minimum atomic E-state index is -4.42. The van der Waals surface area contributed by atoms with Crippen LogP contribution < -0.4 is 10.6 Å². The van der Waals surface area contributed by atoms with Gasteiger partial charge in [0.05, 0.1) is 22.4 Å². The van der Waals surface area contributed by atoms with E-state index in [1.54, 1.807) is 12.3 Å². The molecular formula is C17H16F3N5OS. The zero-order valence-electron chi connectivity index (χ0n) is 14.0. The van der Waals surface area contributed by atoms with Gasteiger partial charge >= 0.3 is 12.2 Å². The number of nitrogens with one attached hydrogen (secondary N) is 3. The number of hydrogen-bond acceptors (Lipinski definition) is 4. The molecule has 0 spiro atoms. The summed E-state index contributed by atoms with van der Waals surface area (Å²) in [4.78, 5) is 16.0. The first kappa shape index (κ1) is 17.8. The highest BCUT2D eigenvalue weighted by molar-refractivity contribution is 7.09. The van der Waals surface area contributed by atoms with Crippen molar-refractivity contribution in [2.24, 2.45) is 0 Å². The number of H-pyrrole nitrogens is 1. The molecule has 2 heterocycles. The summed E-state index contributed by atoms with van der Waals surface area (Å²) in [6, 6.07) is 5.00. The number of urea groups is 1. The van der Waals surface area contributed by atoms with Crippen molar-refractivity contribution in [3.8, 4) is 0 Å². The molecular weight excluding hydrogens is 379 g/mol. The van der Waals surface area contributed by atoms with Gasteiger partial charge in [-0.1, -0.05) is 6.07 Å². The van der Waals surface area contributed by atoms with Crippen molar-refractivity contribution in [2.45, 2.75) is 37.4 Å². The van der Waals surface area contributed by atoms with Gasteiger partial charge in [0.15, 0.2) is 5.69 Å². The summed E-state index contributed by atoms with van der Waals surface area (Å²) in [5.41, 5.74) is 0.617. The summed E-state index contributed by atoms with van der Waals surface area (Å²) >= 11 is 1.03. The van der Waals surface area contributed by atoms with Crippen LogP contribution >= 0.6 is 11.3 Å². The molecule has 10 heteroatoms. The van der Waals surface area contributed by atoms with E-state index in [1.807, 2.05) is 12.1 Å². The molecule has 2 atom stereocenters. The number of rotatable bonds is 3. The maximum absolute atomic E-state index is 12.7. The van der Waals surface area contributed by atoms with Gasteiger partial charge < -0.3 is 10.6 Å². The Morgan fingerprint density at radius 3 is 2.93 bits per heavy atom. The lowest BCUT2D eigenvalue weighted by Gasteiger charge is -2.14. The number of alkyl halides is 3. The van der Waals surface area contributed by atoms with Crippen LogP contribution in [0.3, 0.4) is 0 Å². The fraction of sp³-hybridized carbons (Fsp3) is 0.353. The van der Waals surface area contributed by atoms with Gasteiger partial charge in [-0.15, -0.1) is 11.3 Å². The average molecular weight is 395 g/mol. The predicted octanol–water partition coefficient (Wildman–Crippen LogP) is 4.50. The van der Waals surface area contributed by atoms with Crippen molar-refractivity contribution < 1.29 is 18.0 Å². The molecule has 1 aliphatic carbocycles. The van der Waals surface area contributed by atoms with Gasteiger partial charge in [-0.3, -0.25) is 5.10 Å². The van der Waals surface area contributed by atoms with Crippen molar-refractivity contribution in [3.63, 3.8) is 0 Å². The first-order valence-corrected chi connectivity index (χ1v) is 9.30. The minimum absolute atomic E-state index is 0.0614. The highest BCUT2D eigenvalue weighted by atomic mass is 32.1. The number of carbonyl (C=O) groups excluding carboxylic acids is 1. The second-order valence-corrected chi connectivity index (χ2v) is 7.40. The Morgan fingerprint density at radius 2 is 2.15 bits per heavy atom. The number of amides is 2. The van der Waals surface area contributed by atoms with Crippen LogP contribution in [0.15, 0.2) is 29.8 Å². The van der Waals surface area contributed by atoms with E-state index in [-0.39, 0.29) is 18.0 Å². The van der Waals surface area contributed by atoms with Crippen LogP contribution in [0.25, 0.3) is 10.9 Å². The maximum Gasteiger partial charge on any atom is 0.434 e. The summed E-state index contributed by atoms with van der Waals surface area (Å²) in [5, 5.41) is 14.8. The molecule has 4 rings (SSSR count). The Kier molecular flexibility index (Phi) is 4.50. The summed E-state index contributed by atoms with van der Waals surface area (Å²) in [6.07, 6.45) is -0.799. The highest BCUT2D eigenvalue weighted by Crippen LogP contribution is 2.38. The zero-order valence-corrected chi connectivity index (χ0v) is 14.8. The van der Waals surface area contributed by atoms with Crippen LogP contribution in [-0.4, -0.2) is 27.3 Å².